The average molecular weight is 227 g/mol. The Bertz CT molecular complexity index is 484. The first-order chi connectivity index (χ1) is 8.29. The molecule has 2 rings (SSSR count). The molecule has 0 aromatic heterocycles. The minimum absolute atomic E-state index is 0.329. The summed E-state index contributed by atoms with van der Waals surface area (Å²) < 4.78 is 0. The Morgan fingerprint density at radius 2 is 2.18 bits per heavy atom. The van der Waals surface area contributed by atoms with Crippen molar-refractivity contribution in [2.24, 2.45) is 5.92 Å². The number of amides is 2. The van der Waals surface area contributed by atoms with Crippen molar-refractivity contribution in [2.75, 3.05) is 5.32 Å². The highest BCUT2D eigenvalue weighted by molar-refractivity contribution is 5.91. The van der Waals surface area contributed by atoms with Gasteiger partial charge in [0, 0.05) is 6.20 Å². The second-order valence-electron chi connectivity index (χ2n) is 3.95. The molecule has 2 amide bonds. The number of nitrogens with zero attached hydrogens (tertiary/aromatic N) is 1. The second-order valence-corrected chi connectivity index (χ2v) is 3.95. The summed E-state index contributed by atoms with van der Waals surface area (Å²) in [5.41, 5.74) is 0.973. The van der Waals surface area contributed by atoms with Crippen LogP contribution in [0.15, 0.2) is 36.5 Å². The molecule has 0 atom stereocenters. The minimum atomic E-state index is -0.329. The summed E-state index contributed by atoms with van der Waals surface area (Å²) in [6.07, 6.45) is 6.05. The molecule has 0 saturated heterocycles. The molecule has 1 aliphatic rings. The predicted molar refractivity (Wildman–Crippen MR) is 65.2 cm³/mol. The highest BCUT2D eigenvalue weighted by Crippen LogP contribution is 2.29. The summed E-state index contributed by atoms with van der Waals surface area (Å²) in [6, 6.07) is 8.59. The normalized spacial score (nSPS) is 14.3. The number of nitrogens with one attached hydrogen (secondary N) is 2. The number of carbonyl (C=O) groups excluding carboxylic acids is 1. The molecule has 1 aliphatic carbocycles. The molecule has 4 heteroatoms. The van der Waals surface area contributed by atoms with Crippen molar-refractivity contribution in [2.45, 2.75) is 12.8 Å². The highest BCUT2D eigenvalue weighted by Gasteiger charge is 2.17. The Hall–Kier alpha value is -2.28. The van der Waals surface area contributed by atoms with Gasteiger partial charge in [0.05, 0.1) is 11.3 Å². The van der Waals surface area contributed by atoms with Gasteiger partial charge in [0.2, 0.25) is 0 Å². The molecule has 1 aromatic rings. The Morgan fingerprint density at radius 1 is 1.41 bits per heavy atom. The molecular weight excluding hydrogens is 214 g/mol. The molecule has 2 N–H and O–H groups in total. The van der Waals surface area contributed by atoms with Gasteiger partial charge in [-0.05, 0) is 30.9 Å². The fourth-order valence-corrected chi connectivity index (χ4v) is 1.40. The quantitative estimate of drug-likeness (QED) is 0.833. The Labute approximate surface area is 99.9 Å². The van der Waals surface area contributed by atoms with E-state index >= 15 is 0 Å². The van der Waals surface area contributed by atoms with Crippen LogP contribution in [0.2, 0.25) is 0 Å². The molecule has 0 bridgehead atoms. The molecule has 0 unspecified atom stereocenters. The maximum absolute atomic E-state index is 11.5. The third kappa shape index (κ3) is 3.35. The largest absolute Gasteiger partial charge is 0.323 e. The summed E-state index contributed by atoms with van der Waals surface area (Å²) in [5.74, 6) is 0.627. The number of rotatable bonds is 3. The number of nitriles is 1. The fourth-order valence-electron chi connectivity index (χ4n) is 1.40. The lowest BCUT2D eigenvalue weighted by Crippen LogP contribution is -2.24. The van der Waals surface area contributed by atoms with Crippen molar-refractivity contribution < 1.29 is 4.79 Å². The molecule has 17 heavy (non-hydrogen) atoms. The third-order valence-corrected chi connectivity index (χ3v) is 2.50. The minimum Gasteiger partial charge on any atom is -0.315 e. The zero-order valence-electron chi connectivity index (χ0n) is 9.31. The van der Waals surface area contributed by atoms with E-state index in [0.29, 0.717) is 17.2 Å². The van der Waals surface area contributed by atoms with E-state index in [-0.39, 0.29) is 6.03 Å². The summed E-state index contributed by atoms with van der Waals surface area (Å²) in [4.78, 5) is 11.5. The van der Waals surface area contributed by atoms with Crippen LogP contribution in [0.25, 0.3) is 0 Å². The van der Waals surface area contributed by atoms with E-state index in [9.17, 15) is 4.79 Å². The van der Waals surface area contributed by atoms with E-state index in [2.05, 4.69) is 10.6 Å². The van der Waals surface area contributed by atoms with Gasteiger partial charge in [-0.25, -0.2) is 4.79 Å². The van der Waals surface area contributed by atoms with Crippen molar-refractivity contribution in [3.05, 3.63) is 42.1 Å². The van der Waals surface area contributed by atoms with Crippen molar-refractivity contribution >= 4 is 11.7 Å². The SMILES string of the molecule is N#Cc1ccccc1NC(=O)N/C=C/C1CC1. The molecule has 86 valence electrons. The number of anilines is 1. The number of carbonyl (C=O) groups is 1. The molecule has 0 heterocycles. The first kappa shape index (κ1) is 11.2. The predicted octanol–water partition coefficient (Wildman–Crippen LogP) is 2.60. The second kappa shape index (κ2) is 5.17. The molecule has 1 fully saturated rings. The van der Waals surface area contributed by atoms with Crippen LogP contribution in [0.1, 0.15) is 18.4 Å². The van der Waals surface area contributed by atoms with Gasteiger partial charge in [-0.3, -0.25) is 0 Å². The maximum atomic E-state index is 11.5. The summed E-state index contributed by atoms with van der Waals surface area (Å²) >= 11 is 0. The maximum Gasteiger partial charge on any atom is 0.323 e. The van der Waals surface area contributed by atoms with Crippen LogP contribution in [0.4, 0.5) is 10.5 Å². The summed E-state index contributed by atoms with van der Waals surface area (Å²) in [6.45, 7) is 0. The van der Waals surface area contributed by atoms with Gasteiger partial charge in [-0.2, -0.15) is 5.26 Å². The van der Waals surface area contributed by atoms with Crippen molar-refractivity contribution in [1.29, 1.82) is 5.26 Å². The smallest absolute Gasteiger partial charge is 0.315 e. The van der Waals surface area contributed by atoms with Crippen LogP contribution in [0.5, 0.6) is 0 Å². The lowest BCUT2D eigenvalue weighted by atomic mass is 10.2. The van der Waals surface area contributed by atoms with Crippen molar-refractivity contribution in [1.82, 2.24) is 5.32 Å². The van der Waals surface area contributed by atoms with Crippen LogP contribution >= 0.6 is 0 Å². The Balaban J connectivity index is 1.90. The van der Waals surface area contributed by atoms with Gasteiger partial charge in [0.1, 0.15) is 6.07 Å². The number of benzene rings is 1. The molecular formula is C13H13N3O. The lowest BCUT2D eigenvalue weighted by molar-refractivity contribution is 0.255. The zero-order valence-corrected chi connectivity index (χ0v) is 9.31. The summed E-state index contributed by atoms with van der Waals surface area (Å²) in [7, 11) is 0. The van der Waals surface area contributed by atoms with E-state index in [4.69, 9.17) is 5.26 Å². The van der Waals surface area contributed by atoms with E-state index in [1.54, 1.807) is 30.5 Å². The zero-order chi connectivity index (χ0) is 12.1. The van der Waals surface area contributed by atoms with Crippen LogP contribution in [0, 0.1) is 17.2 Å². The summed E-state index contributed by atoms with van der Waals surface area (Å²) in [5, 5.41) is 14.1. The first-order valence-electron chi connectivity index (χ1n) is 5.53. The van der Waals surface area contributed by atoms with Gasteiger partial charge in [-0.15, -0.1) is 0 Å². The Morgan fingerprint density at radius 3 is 2.88 bits per heavy atom. The number of allylic oxidation sites excluding steroid dienone is 1. The average Bonchev–Trinajstić information content (AvgIpc) is 3.14. The molecule has 0 spiro atoms. The topological polar surface area (TPSA) is 64.9 Å². The van der Waals surface area contributed by atoms with E-state index < -0.39 is 0 Å². The number of hydrogen-bond donors (Lipinski definition) is 2. The van der Waals surface area contributed by atoms with Crippen LogP contribution in [0.3, 0.4) is 0 Å². The first-order valence-corrected chi connectivity index (χ1v) is 5.53. The third-order valence-electron chi connectivity index (χ3n) is 2.50. The van der Waals surface area contributed by atoms with E-state index in [0.717, 1.165) is 0 Å². The standard InChI is InChI=1S/C13H13N3O/c14-9-11-3-1-2-4-12(11)16-13(17)15-8-7-10-5-6-10/h1-4,7-8,10H,5-6H2,(H2,15,16,17)/b8-7+. The molecule has 1 saturated carbocycles. The fraction of sp³-hybridized carbons (Fsp3) is 0.231. The lowest BCUT2D eigenvalue weighted by Gasteiger charge is -2.05. The van der Waals surface area contributed by atoms with Gasteiger partial charge >= 0.3 is 6.03 Å². The molecule has 4 nitrogen and oxygen atoms in total. The number of hydrogen-bond acceptors (Lipinski definition) is 2. The molecule has 0 aliphatic heterocycles. The van der Waals surface area contributed by atoms with Gasteiger partial charge in [0.25, 0.3) is 0 Å². The van der Waals surface area contributed by atoms with Crippen molar-refractivity contribution in [3.63, 3.8) is 0 Å². The van der Waals surface area contributed by atoms with E-state index in [1.807, 2.05) is 12.1 Å². The van der Waals surface area contributed by atoms with Crippen LogP contribution in [-0.2, 0) is 0 Å². The monoisotopic (exact) mass is 227 g/mol. The van der Waals surface area contributed by atoms with Crippen LogP contribution < -0.4 is 10.6 Å². The number of para-hydroxylation sites is 1. The van der Waals surface area contributed by atoms with Crippen molar-refractivity contribution in [3.8, 4) is 6.07 Å². The van der Waals surface area contributed by atoms with Gasteiger partial charge in [-0.1, -0.05) is 18.2 Å². The Kier molecular flexibility index (Phi) is 3.41. The van der Waals surface area contributed by atoms with Gasteiger partial charge < -0.3 is 10.6 Å². The van der Waals surface area contributed by atoms with Crippen LogP contribution in [-0.4, -0.2) is 6.03 Å². The highest BCUT2D eigenvalue weighted by atomic mass is 16.2. The van der Waals surface area contributed by atoms with Gasteiger partial charge in [0.15, 0.2) is 0 Å². The number of urea groups is 1. The molecule has 1 aromatic carbocycles. The van der Waals surface area contributed by atoms with E-state index in [1.165, 1.54) is 12.8 Å². The molecule has 0 radical (unpaired) electrons.